The number of amides is 4. The molecule has 0 spiro atoms. The fourth-order valence-corrected chi connectivity index (χ4v) is 1.83. The van der Waals surface area contributed by atoms with Gasteiger partial charge in [-0.25, -0.2) is 4.79 Å². The number of benzene rings is 1. The Bertz CT molecular complexity index is 693. The van der Waals surface area contributed by atoms with Crippen LogP contribution in [0, 0.1) is 0 Å². The topological polar surface area (TPSA) is 126 Å². The predicted octanol–water partition coefficient (Wildman–Crippen LogP) is 0.997. The van der Waals surface area contributed by atoms with Crippen LogP contribution in [0.4, 0.5) is 4.79 Å². The normalized spacial score (nSPS) is 10.7. The summed E-state index contributed by atoms with van der Waals surface area (Å²) >= 11 is 0. The fraction of sp³-hybridized carbons (Fsp3) is 0.444. The van der Waals surface area contributed by atoms with Crippen LogP contribution >= 0.6 is 0 Å². The average molecular weight is 378 g/mol. The summed E-state index contributed by atoms with van der Waals surface area (Å²) < 4.78 is 5.13. The predicted molar refractivity (Wildman–Crippen MR) is 98.4 cm³/mol. The first kappa shape index (κ1) is 21.9. The van der Waals surface area contributed by atoms with Gasteiger partial charge in [-0.2, -0.15) is 0 Å². The number of carbonyl (C=O) groups is 4. The lowest BCUT2D eigenvalue weighted by molar-refractivity contribution is -0.139. The van der Waals surface area contributed by atoms with Crippen molar-refractivity contribution in [2.45, 2.75) is 52.8 Å². The molecule has 1 aromatic rings. The smallest absolute Gasteiger partial charge is 0.407 e. The molecule has 0 aliphatic carbocycles. The molecule has 0 bridgehead atoms. The van der Waals surface area contributed by atoms with Gasteiger partial charge in [0.1, 0.15) is 5.60 Å². The Morgan fingerprint density at radius 1 is 0.963 bits per heavy atom. The Hall–Kier alpha value is -3.10. The summed E-state index contributed by atoms with van der Waals surface area (Å²) in [6.07, 6.45) is -0.535. The Labute approximate surface area is 158 Å². The summed E-state index contributed by atoms with van der Waals surface area (Å²) in [7, 11) is 0. The molecule has 9 heteroatoms. The van der Waals surface area contributed by atoms with E-state index in [-0.39, 0.29) is 18.2 Å². The molecule has 0 aliphatic heterocycles. The molecule has 0 radical (unpaired) electrons. The fourth-order valence-electron chi connectivity index (χ4n) is 1.83. The van der Waals surface area contributed by atoms with Gasteiger partial charge in [0.05, 0.1) is 0 Å². The third kappa shape index (κ3) is 8.70. The van der Waals surface area contributed by atoms with Crippen molar-refractivity contribution in [3.05, 3.63) is 35.4 Å². The number of nitrogens with one attached hydrogen (secondary N) is 4. The van der Waals surface area contributed by atoms with Gasteiger partial charge in [0.2, 0.25) is 0 Å². The van der Waals surface area contributed by atoms with Gasteiger partial charge in [-0.1, -0.05) is 12.1 Å². The van der Waals surface area contributed by atoms with Crippen LogP contribution in [0.5, 0.6) is 0 Å². The van der Waals surface area contributed by atoms with E-state index < -0.39 is 29.4 Å². The molecule has 0 aromatic heterocycles. The number of hydrazine groups is 1. The van der Waals surface area contributed by atoms with Crippen LogP contribution in [0.25, 0.3) is 0 Å². The molecule has 0 fully saturated rings. The van der Waals surface area contributed by atoms with Crippen molar-refractivity contribution in [1.82, 2.24) is 21.5 Å². The van der Waals surface area contributed by atoms with E-state index in [0.717, 1.165) is 5.56 Å². The van der Waals surface area contributed by atoms with Crippen molar-refractivity contribution >= 4 is 23.8 Å². The van der Waals surface area contributed by atoms with E-state index in [1.54, 1.807) is 46.8 Å². The molecule has 4 amide bonds. The zero-order valence-corrected chi connectivity index (χ0v) is 16.1. The summed E-state index contributed by atoms with van der Waals surface area (Å²) in [4.78, 5) is 46.6. The first-order valence-corrected chi connectivity index (χ1v) is 8.45. The third-order valence-corrected chi connectivity index (χ3v) is 2.97. The van der Waals surface area contributed by atoms with Gasteiger partial charge >= 0.3 is 17.9 Å². The summed E-state index contributed by atoms with van der Waals surface area (Å²) in [5.41, 5.74) is 4.66. The van der Waals surface area contributed by atoms with Crippen molar-refractivity contribution in [1.29, 1.82) is 0 Å². The molecule has 1 aromatic carbocycles. The van der Waals surface area contributed by atoms with E-state index in [9.17, 15) is 19.2 Å². The maximum atomic E-state index is 12.0. The second kappa shape index (κ2) is 9.56. The van der Waals surface area contributed by atoms with Gasteiger partial charge in [-0.15, -0.1) is 0 Å². The number of ether oxygens (including phenoxy) is 1. The third-order valence-electron chi connectivity index (χ3n) is 2.97. The van der Waals surface area contributed by atoms with Gasteiger partial charge in [0.25, 0.3) is 5.91 Å². The zero-order valence-electron chi connectivity index (χ0n) is 16.1. The van der Waals surface area contributed by atoms with E-state index in [1.165, 1.54) is 12.1 Å². The Morgan fingerprint density at radius 2 is 1.56 bits per heavy atom. The monoisotopic (exact) mass is 378 g/mol. The van der Waals surface area contributed by atoms with Crippen LogP contribution in [0.3, 0.4) is 0 Å². The van der Waals surface area contributed by atoms with Crippen LogP contribution in [0.1, 0.15) is 50.5 Å². The van der Waals surface area contributed by atoms with Crippen LogP contribution in [0.15, 0.2) is 24.3 Å². The Kier molecular flexibility index (Phi) is 7.77. The van der Waals surface area contributed by atoms with Crippen molar-refractivity contribution in [2.75, 3.05) is 0 Å². The molecule has 9 nitrogen and oxygen atoms in total. The molecule has 0 unspecified atom stereocenters. The minimum atomic E-state index is -0.963. The standard InChI is InChI=1S/C18H26N4O5/c1-11(2)20-15(24)16(25)22-21-14(23)13-8-6-12(7-9-13)10-19-17(26)27-18(3,4)5/h6-9,11H,10H2,1-5H3,(H,19,26)(H,20,24)(H,21,23)(H,22,25). The summed E-state index contributed by atoms with van der Waals surface area (Å²) in [6, 6.07) is 6.17. The molecule has 0 saturated carbocycles. The number of hydrogen-bond donors (Lipinski definition) is 4. The highest BCUT2D eigenvalue weighted by Gasteiger charge is 2.16. The first-order chi connectivity index (χ1) is 12.5. The molecule has 4 N–H and O–H groups in total. The summed E-state index contributed by atoms with van der Waals surface area (Å²) in [5.74, 6) is -2.38. The highest BCUT2D eigenvalue weighted by molar-refractivity contribution is 6.35. The minimum absolute atomic E-state index is 0.194. The molecule has 0 heterocycles. The van der Waals surface area contributed by atoms with Gasteiger partial charge in [-0.3, -0.25) is 25.2 Å². The van der Waals surface area contributed by atoms with Gasteiger partial charge in [0, 0.05) is 18.2 Å². The van der Waals surface area contributed by atoms with E-state index in [0.29, 0.717) is 0 Å². The molecule has 1 rings (SSSR count). The zero-order chi connectivity index (χ0) is 20.6. The number of alkyl carbamates (subject to hydrolysis) is 1. The average Bonchev–Trinajstić information content (AvgIpc) is 2.55. The van der Waals surface area contributed by atoms with E-state index in [2.05, 4.69) is 16.1 Å². The van der Waals surface area contributed by atoms with Crippen LogP contribution in [-0.2, 0) is 20.9 Å². The molecule has 0 aliphatic rings. The van der Waals surface area contributed by atoms with Crippen LogP contribution in [0.2, 0.25) is 0 Å². The molecule has 148 valence electrons. The van der Waals surface area contributed by atoms with E-state index >= 15 is 0 Å². The largest absolute Gasteiger partial charge is 0.444 e. The van der Waals surface area contributed by atoms with Crippen LogP contribution in [-0.4, -0.2) is 35.5 Å². The lowest BCUT2D eigenvalue weighted by Gasteiger charge is -2.19. The van der Waals surface area contributed by atoms with Crippen molar-refractivity contribution in [3.63, 3.8) is 0 Å². The minimum Gasteiger partial charge on any atom is -0.444 e. The SMILES string of the molecule is CC(C)NC(=O)C(=O)NNC(=O)c1ccc(CNC(=O)OC(C)(C)C)cc1. The highest BCUT2D eigenvalue weighted by Crippen LogP contribution is 2.08. The lowest BCUT2D eigenvalue weighted by atomic mass is 10.1. The second-order valence-corrected chi connectivity index (χ2v) is 7.09. The lowest BCUT2D eigenvalue weighted by Crippen LogP contribution is -2.49. The number of hydrogen-bond acceptors (Lipinski definition) is 5. The number of carbonyl (C=O) groups excluding carboxylic acids is 4. The first-order valence-electron chi connectivity index (χ1n) is 8.45. The van der Waals surface area contributed by atoms with E-state index in [4.69, 9.17) is 4.74 Å². The number of rotatable bonds is 4. The van der Waals surface area contributed by atoms with Crippen molar-refractivity contribution < 1.29 is 23.9 Å². The summed E-state index contributed by atoms with van der Waals surface area (Å²) in [6.45, 7) is 8.97. The Balaban J connectivity index is 2.49. The molecular formula is C18H26N4O5. The Morgan fingerprint density at radius 3 is 2.07 bits per heavy atom. The molecule has 0 atom stereocenters. The highest BCUT2D eigenvalue weighted by atomic mass is 16.6. The van der Waals surface area contributed by atoms with E-state index in [1.807, 2.05) is 5.43 Å². The second-order valence-electron chi connectivity index (χ2n) is 7.09. The quantitative estimate of drug-likeness (QED) is 0.459. The van der Waals surface area contributed by atoms with Gasteiger partial charge in [-0.05, 0) is 52.3 Å². The van der Waals surface area contributed by atoms with Gasteiger partial charge in [0.15, 0.2) is 0 Å². The molecular weight excluding hydrogens is 352 g/mol. The summed E-state index contributed by atoms with van der Waals surface area (Å²) in [5, 5.41) is 5.01. The van der Waals surface area contributed by atoms with Crippen molar-refractivity contribution in [3.8, 4) is 0 Å². The molecule has 0 saturated heterocycles. The maximum absolute atomic E-state index is 12.0. The van der Waals surface area contributed by atoms with Crippen LogP contribution < -0.4 is 21.5 Å². The van der Waals surface area contributed by atoms with Gasteiger partial charge < -0.3 is 15.4 Å². The molecule has 27 heavy (non-hydrogen) atoms. The maximum Gasteiger partial charge on any atom is 0.407 e. The van der Waals surface area contributed by atoms with Crippen molar-refractivity contribution in [2.24, 2.45) is 0 Å².